The number of carbonyl (C=O) groups excluding carboxylic acids is 1. The van der Waals surface area contributed by atoms with Gasteiger partial charge in [0.2, 0.25) is 0 Å². The molecule has 0 saturated heterocycles. The van der Waals surface area contributed by atoms with Crippen molar-refractivity contribution in [1.82, 2.24) is 0 Å². The van der Waals surface area contributed by atoms with E-state index in [1.54, 1.807) is 0 Å². The van der Waals surface area contributed by atoms with E-state index < -0.39 is 6.10 Å². The van der Waals surface area contributed by atoms with Gasteiger partial charge in [0, 0.05) is 6.42 Å². The van der Waals surface area contributed by atoms with Crippen LogP contribution in [0.25, 0.3) is 0 Å². The minimum absolute atomic E-state index is 0.0471. The van der Waals surface area contributed by atoms with Gasteiger partial charge in [-0.05, 0) is 79.1 Å². The average molecular weight is 310 g/mol. The molecule has 5 rings (SSSR count). The van der Waals surface area contributed by atoms with E-state index in [2.05, 4.69) is 0 Å². The van der Waals surface area contributed by atoms with Crippen molar-refractivity contribution in [3.8, 4) is 0 Å². The van der Waals surface area contributed by atoms with Gasteiger partial charge in [-0.25, -0.2) is 0 Å². The molecule has 1 aromatic rings. The number of hydrogen-bond donors (Lipinski definition) is 1. The normalized spacial score (nSPS) is 44.5. The number of benzene rings is 1. The van der Waals surface area contributed by atoms with Crippen LogP contribution >= 0.6 is 0 Å². The Kier molecular flexibility index (Phi) is 3.20. The SMILES string of the molecule is O=C(CC1C2CC3CC4CC1C(C4)C3C2)C(O)c1ccccc1. The van der Waals surface area contributed by atoms with E-state index in [1.165, 1.54) is 32.1 Å². The van der Waals surface area contributed by atoms with Gasteiger partial charge in [0.05, 0.1) is 0 Å². The van der Waals surface area contributed by atoms with E-state index in [9.17, 15) is 9.90 Å². The first-order valence-electron chi connectivity index (χ1n) is 9.46. The Bertz CT molecular complexity index is 608. The molecular weight excluding hydrogens is 284 g/mol. The van der Waals surface area contributed by atoms with Crippen molar-refractivity contribution < 1.29 is 9.90 Å². The zero-order valence-electron chi connectivity index (χ0n) is 13.6. The van der Waals surface area contributed by atoms with Crippen LogP contribution in [0.15, 0.2) is 30.3 Å². The number of aliphatic hydroxyl groups is 1. The van der Waals surface area contributed by atoms with Gasteiger partial charge in [-0.15, -0.1) is 0 Å². The van der Waals surface area contributed by atoms with Crippen LogP contribution in [0, 0.1) is 41.4 Å². The average Bonchev–Trinajstić information content (AvgIpc) is 3.15. The number of aliphatic hydroxyl groups excluding tert-OH is 1. The smallest absolute Gasteiger partial charge is 0.166 e. The summed E-state index contributed by atoms with van der Waals surface area (Å²) in [6, 6.07) is 9.45. The number of hydrogen-bond acceptors (Lipinski definition) is 2. The monoisotopic (exact) mass is 310 g/mol. The number of rotatable bonds is 4. The first-order valence-corrected chi connectivity index (χ1v) is 9.46. The third-order valence-electron chi connectivity index (χ3n) is 7.75. The van der Waals surface area contributed by atoms with E-state index in [0.29, 0.717) is 12.3 Å². The molecule has 2 heteroatoms. The van der Waals surface area contributed by atoms with Crippen LogP contribution in [0.5, 0.6) is 0 Å². The van der Waals surface area contributed by atoms with Gasteiger partial charge in [0.1, 0.15) is 6.10 Å². The molecule has 0 spiro atoms. The lowest BCUT2D eigenvalue weighted by Gasteiger charge is -2.40. The fourth-order valence-electron chi connectivity index (χ4n) is 7.00. The molecule has 4 bridgehead atoms. The van der Waals surface area contributed by atoms with Crippen molar-refractivity contribution in [3.05, 3.63) is 35.9 Å². The molecule has 0 heterocycles. The molecule has 23 heavy (non-hydrogen) atoms. The van der Waals surface area contributed by atoms with E-state index in [-0.39, 0.29) is 5.78 Å². The largest absolute Gasteiger partial charge is 0.381 e. The van der Waals surface area contributed by atoms with Crippen LogP contribution in [0.1, 0.15) is 50.2 Å². The van der Waals surface area contributed by atoms with Crippen molar-refractivity contribution in [2.24, 2.45) is 41.4 Å². The summed E-state index contributed by atoms with van der Waals surface area (Å²) in [4.78, 5) is 12.7. The third-order valence-corrected chi connectivity index (χ3v) is 7.75. The Hall–Kier alpha value is -1.15. The Morgan fingerprint density at radius 3 is 2.57 bits per heavy atom. The van der Waals surface area contributed by atoms with Crippen LogP contribution in [0.4, 0.5) is 0 Å². The van der Waals surface area contributed by atoms with Crippen molar-refractivity contribution in [3.63, 3.8) is 0 Å². The Balaban J connectivity index is 1.35. The molecule has 2 nitrogen and oxygen atoms in total. The van der Waals surface area contributed by atoms with Gasteiger partial charge in [-0.2, -0.15) is 0 Å². The molecular formula is C21H26O2. The fraction of sp³-hybridized carbons (Fsp3) is 0.667. The highest BCUT2D eigenvalue weighted by Crippen LogP contribution is 2.66. The quantitative estimate of drug-likeness (QED) is 0.913. The number of carbonyl (C=O) groups is 1. The van der Waals surface area contributed by atoms with Crippen molar-refractivity contribution in [2.45, 2.75) is 44.6 Å². The molecule has 0 aliphatic heterocycles. The predicted molar refractivity (Wildman–Crippen MR) is 88.5 cm³/mol. The van der Waals surface area contributed by atoms with Gasteiger partial charge in [0.15, 0.2) is 5.78 Å². The van der Waals surface area contributed by atoms with Gasteiger partial charge >= 0.3 is 0 Å². The molecule has 0 aromatic heterocycles. The van der Waals surface area contributed by atoms with Crippen molar-refractivity contribution >= 4 is 5.78 Å². The highest BCUT2D eigenvalue weighted by Gasteiger charge is 2.58. The maximum absolute atomic E-state index is 12.7. The van der Waals surface area contributed by atoms with Gasteiger partial charge < -0.3 is 5.11 Å². The standard InChI is InChI=1S/C21H26O2/c22-20(21(23)13-4-2-1-3-5-13)11-17-15-9-14-6-12-7-18(16(14)10-15)19(17)8-12/h1-5,12,14-19,21,23H,6-11H2. The molecule has 4 saturated carbocycles. The fourth-order valence-corrected chi connectivity index (χ4v) is 7.00. The van der Waals surface area contributed by atoms with Crippen molar-refractivity contribution in [2.75, 3.05) is 0 Å². The van der Waals surface area contributed by atoms with E-state index in [0.717, 1.165) is 41.1 Å². The zero-order chi connectivity index (χ0) is 15.6. The second-order valence-corrected chi connectivity index (χ2v) is 8.70. The summed E-state index contributed by atoms with van der Waals surface area (Å²) in [6.45, 7) is 0. The van der Waals surface area contributed by atoms with Gasteiger partial charge in [-0.1, -0.05) is 30.3 Å². The predicted octanol–water partition coefficient (Wildman–Crippen LogP) is 4.00. The van der Waals surface area contributed by atoms with Gasteiger partial charge in [-0.3, -0.25) is 4.79 Å². The Labute approximate surface area is 138 Å². The number of ketones is 1. The summed E-state index contributed by atoms with van der Waals surface area (Å²) < 4.78 is 0. The van der Waals surface area contributed by atoms with Crippen LogP contribution in [0.2, 0.25) is 0 Å². The second-order valence-electron chi connectivity index (χ2n) is 8.70. The van der Waals surface area contributed by atoms with E-state index in [4.69, 9.17) is 0 Å². The summed E-state index contributed by atoms with van der Waals surface area (Å²) in [6.07, 6.45) is 6.70. The number of fused-ring (bicyclic) bond motifs is 2. The first-order chi connectivity index (χ1) is 11.2. The lowest BCUT2D eigenvalue weighted by atomic mass is 9.65. The highest BCUT2D eigenvalue weighted by molar-refractivity contribution is 5.84. The number of Topliss-reactive ketones (excluding diaryl/α,β-unsaturated/α-hetero) is 1. The van der Waals surface area contributed by atoms with Crippen LogP contribution in [-0.4, -0.2) is 10.9 Å². The van der Waals surface area contributed by atoms with E-state index in [1.807, 2.05) is 30.3 Å². The minimum atomic E-state index is -0.926. The van der Waals surface area contributed by atoms with Crippen LogP contribution < -0.4 is 0 Å². The lowest BCUT2D eigenvalue weighted by Crippen LogP contribution is -2.35. The summed E-state index contributed by atoms with van der Waals surface area (Å²) in [7, 11) is 0. The molecule has 4 fully saturated rings. The first kappa shape index (κ1) is 14.2. The van der Waals surface area contributed by atoms with Crippen LogP contribution in [0.3, 0.4) is 0 Å². The molecule has 1 N–H and O–H groups in total. The molecule has 4 aliphatic carbocycles. The molecule has 4 aliphatic rings. The summed E-state index contributed by atoms with van der Waals surface area (Å²) >= 11 is 0. The third kappa shape index (κ3) is 2.14. The molecule has 122 valence electrons. The second kappa shape index (κ2) is 5.17. The topological polar surface area (TPSA) is 37.3 Å². The summed E-state index contributed by atoms with van der Waals surface area (Å²) in [5.74, 6) is 5.94. The molecule has 0 amide bonds. The maximum Gasteiger partial charge on any atom is 0.166 e. The van der Waals surface area contributed by atoms with E-state index >= 15 is 0 Å². The molecule has 8 unspecified atom stereocenters. The highest BCUT2D eigenvalue weighted by atomic mass is 16.3. The Morgan fingerprint density at radius 1 is 0.957 bits per heavy atom. The maximum atomic E-state index is 12.7. The summed E-state index contributed by atoms with van der Waals surface area (Å²) in [5, 5.41) is 10.4. The minimum Gasteiger partial charge on any atom is -0.381 e. The summed E-state index contributed by atoms with van der Waals surface area (Å²) in [5.41, 5.74) is 0.753. The lowest BCUT2D eigenvalue weighted by molar-refractivity contribution is -0.130. The van der Waals surface area contributed by atoms with Crippen LogP contribution in [-0.2, 0) is 4.79 Å². The molecule has 1 aromatic carbocycles. The zero-order valence-corrected chi connectivity index (χ0v) is 13.6. The van der Waals surface area contributed by atoms with Crippen molar-refractivity contribution in [1.29, 1.82) is 0 Å². The Morgan fingerprint density at radius 2 is 1.74 bits per heavy atom. The molecule has 0 radical (unpaired) electrons. The van der Waals surface area contributed by atoms with Gasteiger partial charge in [0.25, 0.3) is 0 Å². The molecule has 8 atom stereocenters.